The van der Waals surface area contributed by atoms with E-state index in [1.54, 1.807) is 0 Å². The fraction of sp³-hybridized carbons (Fsp3) is 0.381. The van der Waals surface area contributed by atoms with Crippen molar-refractivity contribution in [2.24, 2.45) is 0 Å². The molecule has 0 atom stereocenters. The summed E-state index contributed by atoms with van der Waals surface area (Å²) in [6.07, 6.45) is 0. The quantitative estimate of drug-likeness (QED) is 0.667. The Morgan fingerprint density at radius 1 is 1.25 bits per heavy atom. The van der Waals surface area contributed by atoms with Crippen LogP contribution < -0.4 is 10.9 Å². The van der Waals surface area contributed by atoms with Crippen LogP contribution in [0.2, 0.25) is 0 Å². The van der Waals surface area contributed by atoms with E-state index in [0.29, 0.717) is 29.1 Å². The Labute approximate surface area is 168 Å². The molecule has 0 aliphatic heterocycles. The molecule has 2 N–H and O–H groups in total. The molecular formula is C21H26N4O2S. The van der Waals surface area contributed by atoms with Crippen LogP contribution in [0, 0.1) is 0 Å². The van der Waals surface area contributed by atoms with Crippen molar-refractivity contribution in [2.75, 3.05) is 13.1 Å². The molecule has 0 saturated heterocycles. The molecule has 1 amide bonds. The van der Waals surface area contributed by atoms with Gasteiger partial charge in [0.05, 0.1) is 18.5 Å². The standard InChI is InChI=1S/C21H26N4O2S/c1-5-25(13-18(26)24-21(2,3)4)12-17-22-19(27)15-11-16(28-20(15)23-17)14-9-7-6-8-10-14/h6-11H,5,12-13H2,1-4H3,(H,24,26)(H,22,23,27). The highest BCUT2D eigenvalue weighted by Gasteiger charge is 2.17. The second-order valence-electron chi connectivity index (χ2n) is 7.81. The zero-order chi connectivity index (χ0) is 20.3. The third-order valence-electron chi connectivity index (χ3n) is 4.21. The maximum absolute atomic E-state index is 12.5. The van der Waals surface area contributed by atoms with Crippen molar-refractivity contribution in [3.8, 4) is 10.4 Å². The number of thiophene rings is 1. The summed E-state index contributed by atoms with van der Waals surface area (Å²) < 4.78 is 0. The Morgan fingerprint density at radius 2 is 1.96 bits per heavy atom. The smallest absolute Gasteiger partial charge is 0.259 e. The second-order valence-corrected chi connectivity index (χ2v) is 8.84. The average molecular weight is 399 g/mol. The number of hydrogen-bond acceptors (Lipinski definition) is 5. The SMILES string of the molecule is CCN(CC(=O)NC(C)(C)C)Cc1nc2sc(-c3ccccc3)cc2c(=O)[nH]1. The lowest BCUT2D eigenvalue weighted by atomic mass is 10.1. The molecule has 0 spiro atoms. The molecule has 2 aromatic heterocycles. The van der Waals surface area contributed by atoms with E-state index in [1.165, 1.54) is 11.3 Å². The number of H-pyrrole nitrogens is 1. The van der Waals surface area contributed by atoms with Gasteiger partial charge in [0.25, 0.3) is 5.56 Å². The molecule has 0 unspecified atom stereocenters. The van der Waals surface area contributed by atoms with Gasteiger partial charge in [-0.2, -0.15) is 0 Å². The molecular weight excluding hydrogens is 372 g/mol. The number of carbonyl (C=O) groups is 1. The van der Waals surface area contributed by atoms with E-state index in [1.807, 2.05) is 69.0 Å². The Hall–Kier alpha value is -2.51. The van der Waals surface area contributed by atoms with Crippen LogP contribution in [0.1, 0.15) is 33.5 Å². The Balaban J connectivity index is 1.81. The molecule has 1 aromatic carbocycles. The fourth-order valence-corrected chi connectivity index (χ4v) is 4.00. The molecule has 0 bridgehead atoms. The van der Waals surface area contributed by atoms with Crippen molar-refractivity contribution in [3.05, 3.63) is 52.6 Å². The van der Waals surface area contributed by atoms with Gasteiger partial charge in [-0.15, -0.1) is 11.3 Å². The van der Waals surface area contributed by atoms with Gasteiger partial charge in [0.1, 0.15) is 10.7 Å². The number of aromatic nitrogens is 2. The van der Waals surface area contributed by atoms with Crippen LogP contribution >= 0.6 is 11.3 Å². The van der Waals surface area contributed by atoms with Gasteiger partial charge < -0.3 is 10.3 Å². The van der Waals surface area contributed by atoms with Gasteiger partial charge in [0.15, 0.2) is 0 Å². The first-order chi connectivity index (χ1) is 13.2. The number of aromatic amines is 1. The van der Waals surface area contributed by atoms with Gasteiger partial charge in [-0.05, 0) is 38.9 Å². The number of nitrogens with zero attached hydrogens (tertiary/aromatic N) is 2. The van der Waals surface area contributed by atoms with E-state index >= 15 is 0 Å². The van der Waals surface area contributed by atoms with Crippen molar-refractivity contribution in [2.45, 2.75) is 39.8 Å². The summed E-state index contributed by atoms with van der Waals surface area (Å²) in [5, 5.41) is 3.56. The van der Waals surface area contributed by atoms with Crippen LogP contribution in [-0.4, -0.2) is 39.4 Å². The van der Waals surface area contributed by atoms with E-state index < -0.39 is 0 Å². The van der Waals surface area contributed by atoms with Crippen LogP contribution in [-0.2, 0) is 11.3 Å². The number of hydrogen-bond donors (Lipinski definition) is 2. The van der Waals surface area contributed by atoms with E-state index in [9.17, 15) is 9.59 Å². The predicted octanol–water partition coefficient (Wildman–Crippen LogP) is 3.39. The van der Waals surface area contributed by atoms with Crippen LogP contribution in [0.25, 0.3) is 20.7 Å². The van der Waals surface area contributed by atoms with Gasteiger partial charge in [-0.1, -0.05) is 37.3 Å². The molecule has 0 aliphatic carbocycles. The van der Waals surface area contributed by atoms with Crippen molar-refractivity contribution in [1.29, 1.82) is 0 Å². The third-order valence-corrected chi connectivity index (χ3v) is 5.29. The number of amides is 1. The lowest BCUT2D eigenvalue weighted by molar-refractivity contribution is -0.123. The minimum absolute atomic E-state index is 0.0414. The maximum atomic E-state index is 12.5. The Kier molecular flexibility index (Phi) is 5.96. The minimum atomic E-state index is -0.271. The largest absolute Gasteiger partial charge is 0.350 e. The summed E-state index contributed by atoms with van der Waals surface area (Å²) in [6.45, 7) is 9.20. The first-order valence-corrected chi connectivity index (χ1v) is 10.2. The molecule has 148 valence electrons. The Morgan fingerprint density at radius 3 is 2.61 bits per heavy atom. The first-order valence-electron chi connectivity index (χ1n) is 9.36. The molecule has 0 radical (unpaired) electrons. The molecule has 28 heavy (non-hydrogen) atoms. The number of fused-ring (bicyclic) bond motifs is 1. The average Bonchev–Trinajstić information content (AvgIpc) is 3.05. The number of carbonyl (C=O) groups excluding carboxylic acids is 1. The molecule has 3 aromatic rings. The summed E-state index contributed by atoms with van der Waals surface area (Å²) in [5.41, 5.74) is 0.654. The fourth-order valence-electron chi connectivity index (χ4n) is 2.95. The second kappa shape index (κ2) is 8.24. The van der Waals surface area contributed by atoms with Crippen molar-refractivity contribution >= 4 is 27.5 Å². The summed E-state index contributed by atoms with van der Waals surface area (Å²) in [7, 11) is 0. The first kappa shape index (κ1) is 20.2. The highest BCUT2D eigenvalue weighted by molar-refractivity contribution is 7.21. The molecule has 6 nitrogen and oxygen atoms in total. The number of benzene rings is 1. The Bertz CT molecular complexity index is 1020. The minimum Gasteiger partial charge on any atom is -0.350 e. The molecule has 2 heterocycles. The van der Waals surface area contributed by atoms with Gasteiger partial charge in [0.2, 0.25) is 5.91 Å². The molecule has 0 fully saturated rings. The predicted molar refractivity (Wildman–Crippen MR) is 115 cm³/mol. The highest BCUT2D eigenvalue weighted by atomic mass is 32.1. The highest BCUT2D eigenvalue weighted by Crippen LogP contribution is 2.30. The summed E-state index contributed by atoms with van der Waals surface area (Å²) in [6, 6.07) is 11.8. The number of nitrogens with one attached hydrogen (secondary N) is 2. The van der Waals surface area contributed by atoms with Crippen LogP contribution in [0.15, 0.2) is 41.2 Å². The lowest BCUT2D eigenvalue weighted by Gasteiger charge is -2.24. The van der Waals surface area contributed by atoms with E-state index in [2.05, 4.69) is 15.3 Å². The van der Waals surface area contributed by atoms with E-state index in [-0.39, 0.29) is 23.6 Å². The summed E-state index contributed by atoms with van der Waals surface area (Å²) >= 11 is 1.51. The summed E-state index contributed by atoms with van der Waals surface area (Å²) in [4.78, 5) is 35.9. The zero-order valence-corrected chi connectivity index (χ0v) is 17.5. The monoisotopic (exact) mass is 398 g/mol. The van der Waals surface area contributed by atoms with Gasteiger partial charge in [-0.25, -0.2) is 4.98 Å². The molecule has 7 heteroatoms. The molecule has 3 rings (SSSR count). The summed E-state index contributed by atoms with van der Waals surface area (Å²) in [5.74, 6) is 0.532. The topological polar surface area (TPSA) is 78.1 Å². The number of rotatable bonds is 6. The van der Waals surface area contributed by atoms with Crippen molar-refractivity contribution < 1.29 is 4.79 Å². The van der Waals surface area contributed by atoms with Crippen LogP contribution in [0.3, 0.4) is 0 Å². The van der Waals surface area contributed by atoms with Crippen molar-refractivity contribution in [3.63, 3.8) is 0 Å². The van der Waals surface area contributed by atoms with E-state index in [4.69, 9.17) is 0 Å². The van der Waals surface area contributed by atoms with Crippen molar-refractivity contribution in [1.82, 2.24) is 20.2 Å². The van der Waals surface area contributed by atoms with Gasteiger partial charge in [0, 0.05) is 10.4 Å². The van der Waals surface area contributed by atoms with Crippen LogP contribution in [0.4, 0.5) is 0 Å². The van der Waals surface area contributed by atoms with Gasteiger partial charge in [-0.3, -0.25) is 14.5 Å². The van der Waals surface area contributed by atoms with Crippen LogP contribution in [0.5, 0.6) is 0 Å². The normalized spacial score (nSPS) is 11.9. The maximum Gasteiger partial charge on any atom is 0.259 e. The van der Waals surface area contributed by atoms with E-state index in [0.717, 1.165) is 10.4 Å². The zero-order valence-electron chi connectivity index (χ0n) is 16.7. The molecule has 0 aliphatic rings. The lowest BCUT2D eigenvalue weighted by Crippen LogP contribution is -2.45. The third kappa shape index (κ3) is 5.05. The molecule has 0 saturated carbocycles. The van der Waals surface area contributed by atoms with Gasteiger partial charge >= 0.3 is 0 Å². The number of likely N-dealkylation sites (N-methyl/N-ethyl adjacent to an activating group) is 1.